The fourth-order valence-corrected chi connectivity index (χ4v) is 1.31. The van der Waals surface area contributed by atoms with Crippen LogP contribution in [0.5, 0.6) is 5.75 Å². The molecule has 0 atom stereocenters. The Bertz CT molecular complexity index is 284. The number of hydrogen-bond donors (Lipinski definition) is 0. The van der Waals surface area contributed by atoms with Crippen molar-refractivity contribution in [2.45, 2.75) is 0 Å². The van der Waals surface area contributed by atoms with E-state index in [0.717, 1.165) is 0 Å². The number of thioether (sulfide) groups is 1. The van der Waals surface area contributed by atoms with E-state index in [1.54, 1.807) is 25.5 Å². The van der Waals surface area contributed by atoms with Crippen LogP contribution in [0.4, 0.5) is 0 Å². The highest BCUT2D eigenvalue weighted by Crippen LogP contribution is 2.21. The zero-order valence-corrected chi connectivity index (χ0v) is 7.85. The number of rotatable bonds is 2. The molecule has 0 fully saturated rings. The first-order chi connectivity index (χ1) is 5.79. The van der Waals surface area contributed by atoms with E-state index in [2.05, 4.69) is 0 Å². The zero-order valence-electron chi connectivity index (χ0n) is 7.03. The van der Waals surface area contributed by atoms with E-state index in [9.17, 15) is 4.79 Å². The van der Waals surface area contributed by atoms with Gasteiger partial charge in [0.1, 0.15) is 5.75 Å². The fourth-order valence-electron chi connectivity index (χ4n) is 0.923. The Morgan fingerprint density at radius 2 is 2.08 bits per heavy atom. The van der Waals surface area contributed by atoms with Gasteiger partial charge in [0, 0.05) is 0 Å². The van der Waals surface area contributed by atoms with Gasteiger partial charge < -0.3 is 4.74 Å². The second-order valence-corrected chi connectivity index (χ2v) is 2.97. The molecule has 0 aromatic heterocycles. The van der Waals surface area contributed by atoms with Gasteiger partial charge in [0.05, 0.1) is 12.7 Å². The third kappa shape index (κ3) is 1.80. The van der Waals surface area contributed by atoms with E-state index in [-0.39, 0.29) is 5.12 Å². The average Bonchev–Trinajstić information content (AvgIpc) is 2.16. The minimum Gasteiger partial charge on any atom is -0.496 e. The van der Waals surface area contributed by atoms with Crippen LogP contribution in [0, 0.1) is 0 Å². The highest BCUT2D eigenvalue weighted by molar-refractivity contribution is 8.13. The lowest BCUT2D eigenvalue weighted by Crippen LogP contribution is -1.96. The van der Waals surface area contributed by atoms with Crippen molar-refractivity contribution in [2.75, 3.05) is 13.4 Å². The second-order valence-electron chi connectivity index (χ2n) is 2.19. The van der Waals surface area contributed by atoms with Crippen molar-refractivity contribution >= 4 is 16.9 Å². The molecule has 64 valence electrons. The number of hydrogen-bond acceptors (Lipinski definition) is 3. The Kier molecular flexibility index (Phi) is 3.17. The molecule has 1 aromatic rings. The summed E-state index contributed by atoms with van der Waals surface area (Å²) in [5.74, 6) is 0.636. The molecule has 0 spiro atoms. The van der Waals surface area contributed by atoms with Crippen LogP contribution < -0.4 is 4.74 Å². The number of carbonyl (C=O) groups is 1. The summed E-state index contributed by atoms with van der Waals surface area (Å²) < 4.78 is 5.03. The van der Waals surface area contributed by atoms with Crippen LogP contribution in [0.1, 0.15) is 10.4 Å². The van der Waals surface area contributed by atoms with Gasteiger partial charge in [0.15, 0.2) is 0 Å². The summed E-state index contributed by atoms with van der Waals surface area (Å²) in [5.41, 5.74) is 0.632. The van der Waals surface area contributed by atoms with Gasteiger partial charge in [-0.25, -0.2) is 0 Å². The summed E-state index contributed by atoms with van der Waals surface area (Å²) in [6, 6.07) is 7.21. The molecule has 3 heteroatoms. The van der Waals surface area contributed by atoms with Crippen molar-refractivity contribution < 1.29 is 9.53 Å². The summed E-state index contributed by atoms with van der Waals surface area (Å²) in [7, 11) is 1.56. The van der Waals surface area contributed by atoms with Crippen molar-refractivity contribution in [3.05, 3.63) is 29.8 Å². The fraction of sp³-hybridized carbons (Fsp3) is 0.222. The summed E-state index contributed by atoms with van der Waals surface area (Å²) in [5, 5.41) is 0.0347. The maximum atomic E-state index is 11.3. The van der Waals surface area contributed by atoms with Crippen LogP contribution >= 0.6 is 11.8 Å². The number of para-hydroxylation sites is 1. The Morgan fingerprint density at radius 1 is 1.42 bits per heavy atom. The molecule has 1 rings (SSSR count). The van der Waals surface area contributed by atoms with Gasteiger partial charge in [-0.1, -0.05) is 23.9 Å². The quantitative estimate of drug-likeness (QED) is 0.701. The molecule has 12 heavy (non-hydrogen) atoms. The highest BCUT2D eigenvalue weighted by Gasteiger charge is 2.08. The van der Waals surface area contributed by atoms with Gasteiger partial charge in [-0.2, -0.15) is 0 Å². The van der Waals surface area contributed by atoms with E-state index in [4.69, 9.17) is 4.74 Å². The third-order valence-corrected chi connectivity index (χ3v) is 2.10. The summed E-state index contributed by atoms with van der Waals surface area (Å²) in [6.07, 6.45) is 1.76. The number of ether oxygens (including phenoxy) is 1. The standard InChI is InChI=1S/C9H10O2S/c1-11-8-6-4-3-5-7(8)9(10)12-2/h3-6H,1-2H3. The number of benzene rings is 1. The summed E-state index contributed by atoms with van der Waals surface area (Å²) >= 11 is 1.19. The SMILES string of the molecule is COc1ccccc1C(=O)SC. The predicted molar refractivity (Wildman–Crippen MR) is 50.8 cm³/mol. The van der Waals surface area contributed by atoms with Gasteiger partial charge in [-0.3, -0.25) is 4.79 Å². The molecule has 0 N–H and O–H groups in total. The largest absolute Gasteiger partial charge is 0.496 e. The molecule has 0 unspecified atom stereocenters. The summed E-state index contributed by atoms with van der Waals surface area (Å²) in [6.45, 7) is 0. The third-order valence-electron chi connectivity index (χ3n) is 1.51. The topological polar surface area (TPSA) is 26.3 Å². The van der Waals surface area contributed by atoms with Crippen LogP contribution in [0.3, 0.4) is 0 Å². The maximum Gasteiger partial charge on any atom is 0.222 e. The minimum atomic E-state index is 0.0347. The molecule has 0 amide bonds. The molecule has 1 aromatic carbocycles. The van der Waals surface area contributed by atoms with Crippen LogP contribution in [-0.4, -0.2) is 18.5 Å². The predicted octanol–water partition coefficient (Wildman–Crippen LogP) is 2.20. The van der Waals surface area contributed by atoms with Gasteiger partial charge in [-0.05, 0) is 18.4 Å². The van der Waals surface area contributed by atoms with Gasteiger partial charge in [0.2, 0.25) is 5.12 Å². The lowest BCUT2D eigenvalue weighted by molar-refractivity contribution is 0.108. The van der Waals surface area contributed by atoms with E-state index in [1.807, 2.05) is 12.1 Å². The molecule has 0 aliphatic heterocycles. The number of methoxy groups -OCH3 is 1. The van der Waals surface area contributed by atoms with E-state index in [1.165, 1.54) is 11.8 Å². The molecule has 0 bridgehead atoms. The zero-order chi connectivity index (χ0) is 8.97. The van der Waals surface area contributed by atoms with Crippen LogP contribution in [0.15, 0.2) is 24.3 Å². The normalized spacial score (nSPS) is 9.50. The molecule has 0 aliphatic rings. The van der Waals surface area contributed by atoms with Gasteiger partial charge in [-0.15, -0.1) is 0 Å². The first-order valence-corrected chi connectivity index (χ1v) is 4.73. The Morgan fingerprint density at radius 3 is 2.67 bits per heavy atom. The average molecular weight is 182 g/mol. The highest BCUT2D eigenvalue weighted by atomic mass is 32.2. The maximum absolute atomic E-state index is 11.3. The van der Waals surface area contributed by atoms with Crippen LogP contribution in [0.2, 0.25) is 0 Å². The Balaban J connectivity index is 3.04. The van der Waals surface area contributed by atoms with E-state index >= 15 is 0 Å². The molecule has 0 saturated heterocycles. The van der Waals surface area contributed by atoms with E-state index in [0.29, 0.717) is 11.3 Å². The molecular formula is C9H10O2S. The smallest absolute Gasteiger partial charge is 0.222 e. The van der Waals surface area contributed by atoms with Crippen LogP contribution in [-0.2, 0) is 0 Å². The molecule has 2 nitrogen and oxygen atoms in total. The monoisotopic (exact) mass is 182 g/mol. The van der Waals surface area contributed by atoms with Crippen LogP contribution in [0.25, 0.3) is 0 Å². The lowest BCUT2D eigenvalue weighted by Gasteiger charge is -2.04. The lowest BCUT2D eigenvalue weighted by atomic mass is 10.2. The number of carbonyl (C=O) groups excluding carboxylic acids is 1. The molecule has 0 saturated carbocycles. The molecular weight excluding hydrogens is 172 g/mol. The van der Waals surface area contributed by atoms with Crippen molar-refractivity contribution in [2.24, 2.45) is 0 Å². The molecule has 0 radical (unpaired) electrons. The van der Waals surface area contributed by atoms with E-state index < -0.39 is 0 Å². The van der Waals surface area contributed by atoms with Gasteiger partial charge in [0.25, 0.3) is 0 Å². The van der Waals surface area contributed by atoms with Crippen molar-refractivity contribution in [1.29, 1.82) is 0 Å². The second kappa shape index (κ2) is 4.16. The summed E-state index contributed by atoms with van der Waals surface area (Å²) in [4.78, 5) is 11.3. The van der Waals surface area contributed by atoms with Crippen molar-refractivity contribution in [3.63, 3.8) is 0 Å². The van der Waals surface area contributed by atoms with Crippen molar-refractivity contribution in [3.8, 4) is 5.75 Å². The molecule has 0 aliphatic carbocycles. The first kappa shape index (κ1) is 9.13. The minimum absolute atomic E-state index is 0.0347. The molecule has 0 heterocycles. The van der Waals surface area contributed by atoms with Gasteiger partial charge >= 0.3 is 0 Å². The Labute approximate surface area is 75.9 Å². The van der Waals surface area contributed by atoms with Crippen molar-refractivity contribution in [1.82, 2.24) is 0 Å². The first-order valence-electron chi connectivity index (χ1n) is 3.51. The Hall–Kier alpha value is -0.960.